The summed E-state index contributed by atoms with van der Waals surface area (Å²) < 4.78 is 4.87. The van der Waals surface area contributed by atoms with Crippen molar-refractivity contribution >= 4 is 17.6 Å². The zero-order chi connectivity index (χ0) is 18.8. The number of nitrogens with one attached hydrogen (secondary N) is 1. The van der Waals surface area contributed by atoms with Crippen molar-refractivity contribution in [3.63, 3.8) is 0 Å². The number of nitrogens with zero attached hydrogens (tertiary/aromatic N) is 1. The lowest BCUT2D eigenvalue weighted by molar-refractivity contribution is -0.143. The Kier molecular flexibility index (Phi) is 9.21. The largest absolute Gasteiger partial charge is 0.468 e. The van der Waals surface area contributed by atoms with Crippen LogP contribution in [-0.2, 0) is 14.3 Å². The van der Waals surface area contributed by atoms with Crippen molar-refractivity contribution in [1.29, 1.82) is 0 Å². The highest BCUT2D eigenvalue weighted by molar-refractivity contribution is 5.93. The number of anilines is 1. The van der Waals surface area contributed by atoms with E-state index in [2.05, 4.69) is 12.2 Å². The van der Waals surface area contributed by atoms with Gasteiger partial charge in [-0.25, -0.2) is 0 Å². The van der Waals surface area contributed by atoms with Crippen LogP contribution < -0.4 is 10.2 Å². The van der Waals surface area contributed by atoms with Crippen molar-refractivity contribution in [3.8, 4) is 0 Å². The van der Waals surface area contributed by atoms with Gasteiger partial charge < -0.3 is 15.0 Å². The van der Waals surface area contributed by atoms with Gasteiger partial charge >= 0.3 is 5.97 Å². The average Bonchev–Trinajstić information content (AvgIpc) is 2.60. The van der Waals surface area contributed by atoms with Gasteiger partial charge in [0.05, 0.1) is 7.11 Å². The Balaban J connectivity index is 2.64. The van der Waals surface area contributed by atoms with Gasteiger partial charge in [-0.05, 0) is 52.2 Å². The summed E-state index contributed by atoms with van der Waals surface area (Å²) in [6.07, 6.45) is 2.56. The number of carbonyl (C=O) groups excluding carboxylic acids is 2. The third-order valence-corrected chi connectivity index (χ3v) is 4.29. The van der Waals surface area contributed by atoms with E-state index in [0.717, 1.165) is 12.1 Å². The van der Waals surface area contributed by atoms with Crippen LogP contribution in [0.5, 0.6) is 0 Å². The van der Waals surface area contributed by atoms with E-state index in [9.17, 15) is 9.59 Å². The van der Waals surface area contributed by atoms with Crippen molar-refractivity contribution in [1.82, 2.24) is 5.32 Å². The highest BCUT2D eigenvalue weighted by Crippen LogP contribution is 2.19. The van der Waals surface area contributed by atoms with E-state index < -0.39 is 0 Å². The van der Waals surface area contributed by atoms with Crippen LogP contribution in [0.4, 0.5) is 5.69 Å². The monoisotopic (exact) mass is 348 g/mol. The highest BCUT2D eigenvalue weighted by Gasteiger charge is 2.22. The molecule has 140 valence electrons. The standard InChI is InChI=1S/C20H32N2O3/c1-6-16(4)21-18(20(24)25-5)13-10-14-19(23)22(15(2)3)17-11-8-7-9-12-17/h7-9,11-12,15-16,18,21H,6,10,13-14H2,1-5H3. The quantitative estimate of drug-likeness (QED) is 0.657. The number of rotatable bonds is 10. The molecule has 0 aliphatic heterocycles. The molecule has 1 aromatic carbocycles. The van der Waals surface area contributed by atoms with Gasteiger partial charge in [-0.1, -0.05) is 25.1 Å². The zero-order valence-corrected chi connectivity index (χ0v) is 16.1. The van der Waals surface area contributed by atoms with Crippen LogP contribution >= 0.6 is 0 Å². The van der Waals surface area contributed by atoms with E-state index in [0.29, 0.717) is 19.3 Å². The second kappa shape index (κ2) is 10.9. The second-order valence-electron chi connectivity index (χ2n) is 6.64. The van der Waals surface area contributed by atoms with E-state index in [-0.39, 0.29) is 30.0 Å². The molecular weight excluding hydrogens is 316 g/mol. The number of esters is 1. The smallest absolute Gasteiger partial charge is 0.322 e. The maximum absolute atomic E-state index is 12.7. The molecule has 5 heteroatoms. The van der Waals surface area contributed by atoms with E-state index in [1.54, 1.807) is 0 Å². The summed E-state index contributed by atoms with van der Waals surface area (Å²) in [5.74, 6) is -0.190. The molecular formula is C20H32N2O3. The fourth-order valence-electron chi connectivity index (χ4n) is 2.77. The number of benzene rings is 1. The molecule has 0 fully saturated rings. The number of methoxy groups -OCH3 is 1. The lowest BCUT2D eigenvalue weighted by atomic mass is 10.1. The first-order valence-corrected chi connectivity index (χ1v) is 9.11. The predicted octanol–water partition coefficient (Wildman–Crippen LogP) is 3.53. The predicted molar refractivity (Wildman–Crippen MR) is 102 cm³/mol. The lowest BCUT2D eigenvalue weighted by Gasteiger charge is -2.27. The van der Waals surface area contributed by atoms with Gasteiger partial charge in [0.1, 0.15) is 6.04 Å². The summed E-state index contributed by atoms with van der Waals surface area (Å²) in [6.45, 7) is 8.12. The number of hydrogen-bond donors (Lipinski definition) is 1. The third-order valence-electron chi connectivity index (χ3n) is 4.29. The topological polar surface area (TPSA) is 58.6 Å². The summed E-state index contributed by atoms with van der Waals surface area (Å²) in [4.78, 5) is 26.4. The van der Waals surface area contributed by atoms with Gasteiger partial charge in [0.15, 0.2) is 0 Å². The molecule has 0 saturated carbocycles. The van der Waals surface area contributed by atoms with Crippen LogP contribution in [0.1, 0.15) is 53.4 Å². The zero-order valence-electron chi connectivity index (χ0n) is 16.1. The Morgan fingerprint density at radius 3 is 2.32 bits per heavy atom. The van der Waals surface area contributed by atoms with Crippen molar-refractivity contribution in [2.24, 2.45) is 0 Å². The summed E-state index contributed by atoms with van der Waals surface area (Å²) in [6, 6.07) is 9.65. The number of ether oxygens (including phenoxy) is 1. The van der Waals surface area contributed by atoms with E-state index >= 15 is 0 Å². The Labute approximate surface area is 151 Å². The minimum Gasteiger partial charge on any atom is -0.468 e. The number of hydrogen-bond acceptors (Lipinski definition) is 4. The van der Waals surface area contributed by atoms with Crippen LogP contribution in [0.25, 0.3) is 0 Å². The van der Waals surface area contributed by atoms with Gasteiger partial charge in [-0.2, -0.15) is 0 Å². The van der Waals surface area contributed by atoms with Crippen LogP contribution in [-0.4, -0.2) is 37.1 Å². The first kappa shape index (κ1) is 21.2. The Hall–Kier alpha value is -1.88. The molecule has 0 heterocycles. The highest BCUT2D eigenvalue weighted by atomic mass is 16.5. The number of carbonyl (C=O) groups is 2. The van der Waals surface area contributed by atoms with Gasteiger partial charge in [0.2, 0.25) is 5.91 Å². The molecule has 0 aliphatic carbocycles. The summed E-state index contributed by atoms with van der Waals surface area (Å²) in [5, 5.41) is 3.28. The minimum atomic E-state index is -0.364. The van der Waals surface area contributed by atoms with E-state index in [1.807, 2.05) is 56.0 Å². The van der Waals surface area contributed by atoms with Crippen LogP contribution in [0, 0.1) is 0 Å². The molecule has 0 aliphatic rings. The molecule has 25 heavy (non-hydrogen) atoms. The van der Waals surface area contributed by atoms with Crippen molar-refractivity contribution in [3.05, 3.63) is 30.3 Å². The fraction of sp³-hybridized carbons (Fsp3) is 0.600. The van der Waals surface area contributed by atoms with E-state index in [4.69, 9.17) is 4.74 Å². The minimum absolute atomic E-state index is 0.0772. The molecule has 0 radical (unpaired) electrons. The second-order valence-corrected chi connectivity index (χ2v) is 6.64. The number of amides is 1. The van der Waals surface area contributed by atoms with Crippen molar-refractivity contribution in [2.75, 3.05) is 12.0 Å². The lowest BCUT2D eigenvalue weighted by Crippen LogP contribution is -2.43. The summed E-state index contributed by atoms with van der Waals surface area (Å²) in [5.41, 5.74) is 0.907. The van der Waals surface area contributed by atoms with Crippen molar-refractivity contribution < 1.29 is 14.3 Å². The maximum Gasteiger partial charge on any atom is 0.322 e. The molecule has 1 rings (SSSR count). The van der Waals surface area contributed by atoms with Crippen LogP contribution in [0.15, 0.2) is 30.3 Å². The van der Waals surface area contributed by atoms with Crippen LogP contribution in [0.3, 0.4) is 0 Å². The first-order valence-electron chi connectivity index (χ1n) is 9.11. The summed E-state index contributed by atoms with van der Waals surface area (Å²) >= 11 is 0. The molecule has 0 spiro atoms. The van der Waals surface area contributed by atoms with Gasteiger partial charge in [-0.15, -0.1) is 0 Å². The molecule has 5 nitrogen and oxygen atoms in total. The Morgan fingerprint density at radius 1 is 1.16 bits per heavy atom. The first-order chi connectivity index (χ1) is 11.9. The van der Waals surface area contributed by atoms with Gasteiger partial charge in [-0.3, -0.25) is 9.59 Å². The SMILES string of the molecule is CCC(C)NC(CCCC(=O)N(c1ccccc1)C(C)C)C(=O)OC. The maximum atomic E-state index is 12.7. The van der Waals surface area contributed by atoms with E-state index in [1.165, 1.54) is 7.11 Å². The fourth-order valence-corrected chi connectivity index (χ4v) is 2.77. The summed E-state index contributed by atoms with van der Waals surface area (Å²) in [7, 11) is 1.40. The molecule has 0 bridgehead atoms. The normalized spacial score (nSPS) is 13.4. The molecule has 1 amide bonds. The average molecular weight is 348 g/mol. The van der Waals surface area contributed by atoms with Gasteiger partial charge in [0.25, 0.3) is 0 Å². The molecule has 1 N–H and O–H groups in total. The Bertz CT molecular complexity index is 531. The molecule has 0 aromatic heterocycles. The molecule has 2 unspecified atom stereocenters. The molecule has 2 atom stereocenters. The molecule has 1 aromatic rings. The Morgan fingerprint density at radius 2 is 1.80 bits per heavy atom. The van der Waals surface area contributed by atoms with Gasteiger partial charge in [0, 0.05) is 24.2 Å². The van der Waals surface area contributed by atoms with Crippen LogP contribution in [0.2, 0.25) is 0 Å². The third kappa shape index (κ3) is 6.86. The molecule has 0 saturated heterocycles. The van der Waals surface area contributed by atoms with Crippen molar-refractivity contribution in [2.45, 2.75) is 71.5 Å². The number of para-hydroxylation sites is 1.